The van der Waals surface area contributed by atoms with Gasteiger partial charge in [-0.1, -0.05) is 36.4 Å². The molecule has 0 radical (unpaired) electrons. The molecule has 1 N–H and O–H groups in total. The minimum absolute atomic E-state index is 0.0207. The van der Waals surface area contributed by atoms with Crippen molar-refractivity contribution in [1.82, 2.24) is 15.2 Å². The fraction of sp³-hybridized carbons (Fsp3) is 0.350. The molecule has 1 aliphatic heterocycles. The Morgan fingerprint density at radius 1 is 1.31 bits per heavy atom. The number of hydrogen-bond acceptors (Lipinski definition) is 5. The predicted octanol–water partition coefficient (Wildman–Crippen LogP) is 2.19. The largest absolute Gasteiger partial charge is 0.465 e. The molecule has 1 aromatic heterocycles. The molecule has 1 unspecified atom stereocenters. The lowest BCUT2D eigenvalue weighted by atomic mass is 10.0. The number of aliphatic imine (C=N–C) groups is 1. The molecular weight excluding hydrogens is 328 g/mol. The summed E-state index contributed by atoms with van der Waals surface area (Å²) in [5, 5.41) is 3.49. The van der Waals surface area contributed by atoms with Crippen molar-refractivity contribution in [3.8, 4) is 0 Å². The van der Waals surface area contributed by atoms with Gasteiger partial charge >= 0.3 is 5.97 Å². The van der Waals surface area contributed by atoms with E-state index in [2.05, 4.69) is 32.3 Å². The van der Waals surface area contributed by atoms with Gasteiger partial charge in [-0.05, 0) is 24.1 Å². The molecule has 2 aromatic rings. The van der Waals surface area contributed by atoms with Gasteiger partial charge in [-0.3, -0.25) is 14.8 Å². The molecular formula is C20H24N4O2. The van der Waals surface area contributed by atoms with Crippen LogP contribution in [0, 0.1) is 0 Å². The van der Waals surface area contributed by atoms with Crippen LogP contribution in [0.5, 0.6) is 0 Å². The molecule has 2 heterocycles. The third-order valence-corrected chi connectivity index (χ3v) is 4.22. The molecule has 1 aromatic carbocycles. The third kappa shape index (κ3) is 4.67. The molecule has 6 heteroatoms. The van der Waals surface area contributed by atoms with Gasteiger partial charge in [-0.25, -0.2) is 0 Å². The minimum atomic E-state index is -0.310. The summed E-state index contributed by atoms with van der Waals surface area (Å²) in [5.74, 6) is 0.538. The fourth-order valence-corrected chi connectivity index (χ4v) is 3.05. The van der Waals surface area contributed by atoms with E-state index in [1.54, 1.807) is 13.1 Å². The number of carbonyl (C=O) groups excluding carboxylic acids is 1. The zero-order valence-electron chi connectivity index (χ0n) is 15.0. The van der Waals surface area contributed by atoms with Gasteiger partial charge in [0.1, 0.15) is 12.4 Å². The van der Waals surface area contributed by atoms with Crippen LogP contribution in [-0.2, 0) is 16.1 Å². The smallest absolute Gasteiger partial charge is 0.327 e. The van der Waals surface area contributed by atoms with Crippen LogP contribution in [-0.4, -0.2) is 47.9 Å². The van der Waals surface area contributed by atoms with E-state index < -0.39 is 0 Å². The maximum Gasteiger partial charge on any atom is 0.327 e. The van der Waals surface area contributed by atoms with Crippen molar-refractivity contribution in [2.24, 2.45) is 4.99 Å². The predicted molar refractivity (Wildman–Crippen MR) is 101 cm³/mol. The van der Waals surface area contributed by atoms with Crippen LogP contribution < -0.4 is 5.32 Å². The Kier molecular flexibility index (Phi) is 6.33. The van der Waals surface area contributed by atoms with Crippen molar-refractivity contribution in [2.75, 3.05) is 26.2 Å². The SMILES string of the molecule is CCOC(=O)CN=C1C(c2cccnc2)NCCN1Cc1ccccc1. The number of pyridine rings is 1. The van der Waals surface area contributed by atoms with Crippen molar-refractivity contribution < 1.29 is 9.53 Å². The van der Waals surface area contributed by atoms with Gasteiger partial charge < -0.3 is 15.0 Å². The van der Waals surface area contributed by atoms with Crippen molar-refractivity contribution >= 4 is 11.8 Å². The number of nitrogens with zero attached hydrogens (tertiary/aromatic N) is 3. The number of ether oxygens (including phenoxy) is 1. The summed E-state index contributed by atoms with van der Waals surface area (Å²) < 4.78 is 5.03. The Bertz CT molecular complexity index is 734. The first-order valence-corrected chi connectivity index (χ1v) is 8.90. The number of piperazine rings is 1. The lowest BCUT2D eigenvalue weighted by Gasteiger charge is -2.37. The molecule has 0 saturated carbocycles. The molecule has 0 spiro atoms. The molecule has 26 heavy (non-hydrogen) atoms. The molecule has 3 rings (SSSR count). The van der Waals surface area contributed by atoms with Crippen molar-refractivity contribution in [1.29, 1.82) is 0 Å². The topological polar surface area (TPSA) is 66.8 Å². The van der Waals surface area contributed by atoms with Gasteiger partial charge in [0, 0.05) is 32.0 Å². The molecule has 6 nitrogen and oxygen atoms in total. The zero-order valence-corrected chi connectivity index (χ0v) is 15.0. The van der Waals surface area contributed by atoms with Crippen molar-refractivity contribution in [3.63, 3.8) is 0 Å². The average Bonchev–Trinajstić information content (AvgIpc) is 2.68. The van der Waals surface area contributed by atoms with Crippen LogP contribution in [0.3, 0.4) is 0 Å². The Balaban J connectivity index is 1.86. The van der Waals surface area contributed by atoms with E-state index in [9.17, 15) is 4.79 Å². The monoisotopic (exact) mass is 352 g/mol. The maximum atomic E-state index is 11.8. The van der Waals surface area contributed by atoms with E-state index in [1.807, 2.05) is 36.5 Å². The van der Waals surface area contributed by atoms with E-state index in [0.717, 1.165) is 31.0 Å². The quantitative estimate of drug-likeness (QED) is 0.807. The highest BCUT2D eigenvalue weighted by atomic mass is 16.5. The molecule has 0 amide bonds. The highest BCUT2D eigenvalue weighted by Crippen LogP contribution is 2.21. The number of aromatic nitrogens is 1. The van der Waals surface area contributed by atoms with Crippen molar-refractivity contribution in [3.05, 3.63) is 66.0 Å². The molecule has 136 valence electrons. The van der Waals surface area contributed by atoms with Crippen LogP contribution in [0.1, 0.15) is 24.1 Å². The minimum Gasteiger partial charge on any atom is -0.465 e. The molecule has 1 aliphatic rings. The first kappa shape index (κ1) is 18.1. The van der Waals surface area contributed by atoms with Gasteiger partial charge in [0.2, 0.25) is 0 Å². The number of rotatable bonds is 6. The summed E-state index contributed by atoms with van der Waals surface area (Å²) in [7, 11) is 0. The summed E-state index contributed by atoms with van der Waals surface area (Å²) in [5.41, 5.74) is 2.25. The van der Waals surface area contributed by atoms with Gasteiger partial charge in [-0.2, -0.15) is 0 Å². The second-order valence-electron chi connectivity index (χ2n) is 6.06. The Hall–Kier alpha value is -2.73. The number of hydrogen-bond donors (Lipinski definition) is 1. The Morgan fingerprint density at radius 3 is 2.88 bits per heavy atom. The molecule has 1 saturated heterocycles. The summed E-state index contributed by atoms with van der Waals surface area (Å²) >= 11 is 0. The number of benzene rings is 1. The van der Waals surface area contributed by atoms with Gasteiger partial charge in [0.25, 0.3) is 0 Å². The normalized spacial score (nSPS) is 18.7. The summed E-state index contributed by atoms with van der Waals surface area (Å²) in [6.07, 6.45) is 3.59. The standard InChI is InChI=1S/C20H24N4O2/c1-2-26-18(25)14-23-20-19(17-9-6-10-21-13-17)22-11-12-24(20)15-16-7-4-3-5-8-16/h3-10,13,19,22H,2,11-12,14-15H2,1H3. The van der Waals surface area contributed by atoms with Crippen LogP contribution in [0.25, 0.3) is 0 Å². The second-order valence-corrected chi connectivity index (χ2v) is 6.06. The van der Waals surface area contributed by atoms with E-state index in [1.165, 1.54) is 5.56 Å². The highest BCUT2D eigenvalue weighted by molar-refractivity contribution is 5.90. The van der Waals surface area contributed by atoms with E-state index in [-0.39, 0.29) is 18.6 Å². The molecule has 1 fully saturated rings. The molecule has 0 bridgehead atoms. The summed E-state index contributed by atoms with van der Waals surface area (Å²) in [4.78, 5) is 22.9. The summed E-state index contributed by atoms with van der Waals surface area (Å²) in [6, 6.07) is 14.1. The number of esters is 1. The first-order chi connectivity index (χ1) is 12.8. The third-order valence-electron chi connectivity index (χ3n) is 4.22. The average molecular weight is 352 g/mol. The first-order valence-electron chi connectivity index (χ1n) is 8.90. The van der Waals surface area contributed by atoms with Gasteiger partial charge in [-0.15, -0.1) is 0 Å². The summed E-state index contributed by atoms with van der Waals surface area (Å²) in [6.45, 7) is 4.60. The van der Waals surface area contributed by atoms with Gasteiger partial charge in [0.05, 0.1) is 12.6 Å². The van der Waals surface area contributed by atoms with Crippen LogP contribution in [0.4, 0.5) is 0 Å². The van der Waals surface area contributed by atoms with Crippen LogP contribution in [0.15, 0.2) is 59.9 Å². The van der Waals surface area contributed by atoms with E-state index in [4.69, 9.17) is 4.74 Å². The second kappa shape index (κ2) is 9.10. The van der Waals surface area contributed by atoms with E-state index in [0.29, 0.717) is 6.61 Å². The molecule has 0 aliphatic carbocycles. The Morgan fingerprint density at radius 2 is 2.15 bits per heavy atom. The van der Waals surface area contributed by atoms with Crippen LogP contribution >= 0.6 is 0 Å². The Labute approximate surface area is 153 Å². The number of nitrogens with one attached hydrogen (secondary N) is 1. The lowest BCUT2D eigenvalue weighted by molar-refractivity contribution is -0.141. The maximum absolute atomic E-state index is 11.8. The zero-order chi connectivity index (χ0) is 18.2. The number of carbonyl (C=O) groups is 1. The number of amidine groups is 1. The highest BCUT2D eigenvalue weighted by Gasteiger charge is 2.28. The molecule has 1 atom stereocenters. The van der Waals surface area contributed by atoms with Crippen molar-refractivity contribution in [2.45, 2.75) is 19.5 Å². The lowest BCUT2D eigenvalue weighted by Crippen LogP contribution is -2.50. The van der Waals surface area contributed by atoms with Gasteiger partial charge in [0.15, 0.2) is 0 Å². The fourth-order valence-electron chi connectivity index (χ4n) is 3.05. The van der Waals surface area contributed by atoms with Crippen LogP contribution in [0.2, 0.25) is 0 Å². The van der Waals surface area contributed by atoms with E-state index >= 15 is 0 Å².